The summed E-state index contributed by atoms with van der Waals surface area (Å²) < 4.78 is 0. The summed E-state index contributed by atoms with van der Waals surface area (Å²) in [6.07, 6.45) is 2.12. The smallest absolute Gasteiger partial charge is 0.252 e. The van der Waals surface area contributed by atoms with Crippen LogP contribution >= 0.6 is 11.6 Å². The fourth-order valence-corrected chi connectivity index (χ4v) is 3.06. The minimum Gasteiger partial charge on any atom is -0.349 e. The standard InChI is InChI=1S/C20H17ClN2O/c1-12-6-9-18-15(10-12)16(20(24)22-13-7-8-13)11-19(23-18)14-4-2-3-5-17(14)21/h2-6,9-11,13H,7-8H2,1H3,(H,22,24). The highest BCUT2D eigenvalue weighted by Crippen LogP contribution is 2.30. The lowest BCUT2D eigenvalue weighted by Gasteiger charge is -2.11. The lowest BCUT2D eigenvalue weighted by molar-refractivity contribution is 0.0952. The van der Waals surface area contributed by atoms with Gasteiger partial charge >= 0.3 is 0 Å². The van der Waals surface area contributed by atoms with Crippen LogP contribution in [0.1, 0.15) is 28.8 Å². The number of hydrogen-bond donors (Lipinski definition) is 1. The summed E-state index contributed by atoms with van der Waals surface area (Å²) in [6.45, 7) is 2.02. The van der Waals surface area contributed by atoms with E-state index in [2.05, 4.69) is 5.32 Å². The van der Waals surface area contributed by atoms with E-state index in [-0.39, 0.29) is 5.91 Å². The molecule has 0 spiro atoms. The van der Waals surface area contributed by atoms with Gasteiger partial charge < -0.3 is 5.32 Å². The first kappa shape index (κ1) is 15.2. The van der Waals surface area contributed by atoms with Crippen molar-refractivity contribution in [3.8, 4) is 11.3 Å². The largest absolute Gasteiger partial charge is 0.349 e. The van der Waals surface area contributed by atoms with Crippen LogP contribution in [0.4, 0.5) is 0 Å². The predicted molar refractivity (Wildman–Crippen MR) is 97.4 cm³/mol. The first-order valence-electron chi connectivity index (χ1n) is 8.09. The maximum absolute atomic E-state index is 12.7. The van der Waals surface area contributed by atoms with Crippen molar-refractivity contribution in [3.05, 3.63) is 64.7 Å². The van der Waals surface area contributed by atoms with Crippen LogP contribution in [-0.2, 0) is 0 Å². The lowest BCUT2D eigenvalue weighted by atomic mass is 10.0. The van der Waals surface area contributed by atoms with Crippen LogP contribution < -0.4 is 5.32 Å². The van der Waals surface area contributed by atoms with E-state index < -0.39 is 0 Å². The van der Waals surface area contributed by atoms with E-state index in [1.165, 1.54) is 0 Å². The maximum Gasteiger partial charge on any atom is 0.252 e. The van der Waals surface area contributed by atoms with Crippen molar-refractivity contribution in [2.24, 2.45) is 0 Å². The summed E-state index contributed by atoms with van der Waals surface area (Å²) in [6, 6.07) is 15.7. The zero-order chi connectivity index (χ0) is 16.7. The van der Waals surface area contributed by atoms with Gasteiger partial charge in [-0.25, -0.2) is 4.98 Å². The average molecular weight is 337 g/mol. The van der Waals surface area contributed by atoms with Crippen LogP contribution in [0.15, 0.2) is 48.5 Å². The van der Waals surface area contributed by atoms with Gasteiger partial charge in [0.2, 0.25) is 0 Å². The van der Waals surface area contributed by atoms with E-state index in [4.69, 9.17) is 16.6 Å². The van der Waals surface area contributed by atoms with Gasteiger partial charge in [-0.05, 0) is 44.0 Å². The molecule has 0 saturated heterocycles. The fourth-order valence-electron chi connectivity index (χ4n) is 2.83. The highest BCUT2D eigenvalue weighted by molar-refractivity contribution is 6.33. The van der Waals surface area contributed by atoms with Crippen molar-refractivity contribution >= 4 is 28.4 Å². The Hall–Kier alpha value is -2.39. The molecule has 3 aromatic rings. The van der Waals surface area contributed by atoms with Crippen molar-refractivity contribution in [3.63, 3.8) is 0 Å². The predicted octanol–water partition coefficient (Wildman–Crippen LogP) is 4.76. The monoisotopic (exact) mass is 336 g/mol. The van der Waals surface area contributed by atoms with Crippen molar-refractivity contribution in [1.82, 2.24) is 10.3 Å². The normalized spacial score (nSPS) is 13.9. The Morgan fingerprint density at radius 2 is 1.96 bits per heavy atom. The first-order valence-corrected chi connectivity index (χ1v) is 8.47. The molecular weight excluding hydrogens is 320 g/mol. The molecule has 4 heteroatoms. The Morgan fingerprint density at radius 1 is 1.17 bits per heavy atom. The topological polar surface area (TPSA) is 42.0 Å². The molecule has 0 radical (unpaired) electrons. The highest BCUT2D eigenvalue weighted by atomic mass is 35.5. The number of carbonyl (C=O) groups is 1. The molecule has 1 aliphatic carbocycles. The minimum absolute atomic E-state index is 0.0381. The van der Waals surface area contributed by atoms with Gasteiger partial charge in [-0.3, -0.25) is 4.79 Å². The first-order chi connectivity index (χ1) is 11.6. The number of aryl methyl sites for hydroxylation is 1. The van der Waals surface area contributed by atoms with Crippen LogP contribution in [0.25, 0.3) is 22.2 Å². The van der Waals surface area contributed by atoms with Crippen molar-refractivity contribution < 1.29 is 4.79 Å². The van der Waals surface area contributed by atoms with Crippen molar-refractivity contribution in [2.45, 2.75) is 25.8 Å². The summed E-state index contributed by atoms with van der Waals surface area (Å²) in [7, 11) is 0. The van der Waals surface area contributed by atoms with Gasteiger partial charge in [-0.2, -0.15) is 0 Å². The van der Waals surface area contributed by atoms with E-state index in [0.29, 0.717) is 16.6 Å². The van der Waals surface area contributed by atoms with Gasteiger partial charge in [-0.1, -0.05) is 41.4 Å². The van der Waals surface area contributed by atoms with E-state index >= 15 is 0 Å². The molecule has 1 aliphatic rings. The number of pyridine rings is 1. The Morgan fingerprint density at radius 3 is 2.71 bits per heavy atom. The molecule has 4 rings (SSSR count). The third-order valence-corrected chi connectivity index (χ3v) is 4.60. The van der Waals surface area contributed by atoms with E-state index in [0.717, 1.165) is 40.6 Å². The molecule has 120 valence electrons. The molecule has 1 N–H and O–H groups in total. The van der Waals surface area contributed by atoms with Gasteiger partial charge in [0.15, 0.2) is 0 Å². The number of fused-ring (bicyclic) bond motifs is 1. The molecule has 1 amide bonds. The number of nitrogens with zero attached hydrogens (tertiary/aromatic N) is 1. The molecule has 1 heterocycles. The third kappa shape index (κ3) is 2.87. The van der Waals surface area contributed by atoms with Crippen LogP contribution in [0, 0.1) is 6.92 Å². The average Bonchev–Trinajstić information content (AvgIpc) is 3.38. The van der Waals surface area contributed by atoms with Crippen molar-refractivity contribution in [1.29, 1.82) is 0 Å². The summed E-state index contributed by atoms with van der Waals surface area (Å²) in [5, 5.41) is 4.58. The number of amides is 1. The zero-order valence-electron chi connectivity index (χ0n) is 13.3. The zero-order valence-corrected chi connectivity index (χ0v) is 14.1. The van der Waals surface area contributed by atoms with Gasteiger partial charge in [0.1, 0.15) is 0 Å². The summed E-state index contributed by atoms with van der Waals surface area (Å²) in [5.74, 6) is -0.0381. The Bertz CT molecular complexity index is 948. The quantitative estimate of drug-likeness (QED) is 0.749. The summed E-state index contributed by atoms with van der Waals surface area (Å²) in [4.78, 5) is 17.4. The van der Waals surface area contributed by atoms with Crippen molar-refractivity contribution in [2.75, 3.05) is 0 Å². The second-order valence-electron chi connectivity index (χ2n) is 6.30. The molecule has 0 unspecified atom stereocenters. The molecule has 1 saturated carbocycles. The van der Waals surface area contributed by atoms with Crippen LogP contribution in [0.2, 0.25) is 5.02 Å². The second kappa shape index (κ2) is 5.91. The Balaban J connectivity index is 1.91. The Kier molecular flexibility index (Phi) is 3.73. The molecule has 1 fully saturated rings. The van der Waals surface area contributed by atoms with Gasteiger partial charge in [0.25, 0.3) is 5.91 Å². The molecule has 0 atom stereocenters. The fraction of sp³-hybridized carbons (Fsp3) is 0.200. The van der Waals surface area contributed by atoms with Crippen LogP contribution in [-0.4, -0.2) is 16.9 Å². The lowest BCUT2D eigenvalue weighted by Crippen LogP contribution is -2.25. The SMILES string of the molecule is Cc1ccc2nc(-c3ccccc3Cl)cc(C(=O)NC3CC3)c2c1. The number of rotatable bonds is 3. The van der Waals surface area contributed by atoms with Gasteiger partial charge in [0, 0.05) is 22.0 Å². The highest BCUT2D eigenvalue weighted by Gasteiger charge is 2.25. The molecule has 0 aliphatic heterocycles. The number of carbonyl (C=O) groups excluding carboxylic acids is 1. The van der Waals surface area contributed by atoms with E-state index in [9.17, 15) is 4.79 Å². The number of halogens is 1. The molecule has 1 aromatic heterocycles. The van der Waals surface area contributed by atoms with E-state index in [1.54, 1.807) is 0 Å². The molecule has 2 aromatic carbocycles. The van der Waals surface area contributed by atoms with E-state index in [1.807, 2.05) is 55.5 Å². The summed E-state index contributed by atoms with van der Waals surface area (Å²) >= 11 is 6.32. The Labute approximate surface area is 145 Å². The number of aromatic nitrogens is 1. The van der Waals surface area contributed by atoms with Gasteiger partial charge in [0.05, 0.1) is 16.8 Å². The molecule has 24 heavy (non-hydrogen) atoms. The number of hydrogen-bond acceptors (Lipinski definition) is 2. The molecule has 3 nitrogen and oxygen atoms in total. The number of nitrogens with one attached hydrogen (secondary N) is 1. The molecular formula is C20H17ClN2O. The molecule has 0 bridgehead atoms. The van der Waals surface area contributed by atoms with Crippen LogP contribution in [0.5, 0.6) is 0 Å². The maximum atomic E-state index is 12.7. The van der Waals surface area contributed by atoms with Crippen LogP contribution in [0.3, 0.4) is 0 Å². The number of benzene rings is 2. The second-order valence-corrected chi connectivity index (χ2v) is 6.71. The minimum atomic E-state index is -0.0381. The summed E-state index contributed by atoms with van der Waals surface area (Å²) in [5.41, 5.74) is 4.12. The third-order valence-electron chi connectivity index (χ3n) is 4.27. The van der Waals surface area contributed by atoms with Gasteiger partial charge in [-0.15, -0.1) is 0 Å².